The third-order valence-corrected chi connectivity index (χ3v) is 7.23. The maximum absolute atomic E-state index is 13.2. The number of imide groups is 1. The fourth-order valence-electron chi connectivity index (χ4n) is 4.52. The zero-order valence-corrected chi connectivity index (χ0v) is 17.2. The van der Waals surface area contributed by atoms with Crippen molar-refractivity contribution >= 4 is 39.1 Å². The SMILES string of the molecule is Cc1ccccc1N1C(=O)C[C@@H](N2CCC[C@@H](c3nc4ccccc4s3)C2)C1=O. The van der Waals surface area contributed by atoms with E-state index in [4.69, 9.17) is 4.98 Å². The molecule has 0 unspecified atom stereocenters. The molecule has 2 aromatic carbocycles. The lowest BCUT2D eigenvalue weighted by atomic mass is 9.97. The van der Waals surface area contributed by atoms with E-state index in [-0.39, 0.29) is 24.3 Å². The van der Waals surface area contributed by atoms with Crippen LogP contribution in [0.1, 0.15) is 35.8 Å². The number of fused-ring (bicyclic) bond motifs is 1. The number of benzene rings is 2. The second-order valence-electron chi connectivity index (χ2n) is 7.93. The average Bonchev–Trinajstić information content (AvgIpc) is 3.30. The van der Waals surface area contributed by atoms with Gasteiger partial charge < -0.3 is 0 Å². The molecule has 2 fully saturated rings. The number of thiazole rings is 1. The number of rotatable bonds is 3. The highest BCUT2D eigenvalue weighted by molar-refractivity contribution is 7.18. The van der Waals surface area contributed by atoms with E-state index in [9.17, 15) is 9.59 Å². The summed E-state index contributed by atoms with van der Waals surface area (Å²) in [5, 5.41) is 1.14. The molecule has 0 saturated carbocycles. The molecule has 5 nitrogen and oxygen atoms in total. The maximum Gasteiger partial charge on any atom is 0.251 e. The van der Waals surface area contributed by atoms with E-state index in [1.807, 2.05) is 43.3 Å². The molecule has 3 aromatic rings. The number of likely N-dealkylation sites (tertiary alicyclic amines) is 1. The molecule has 5 rings (SSSR count). The Balaban J connectivity index is 1.37. The Bertz CT molecular complexity index is 1060. The first-order valence-electron chi connectivity index (χ1n) is 10.1. The van der Waals surface area contributed by atoms with Gasteiger partial charge in [-0.25, -0.2) is 9.88 Å². The molecule has 3 heterocycles. The van der Waals surface area contributed by atoms with Crippen molar-refractivity contribution in [3.63, 3.8) is 0 Å². The highest BCUT2D eigenvalue weighted by atomic mass is 32.1. The lowest BCUT2D eigenvalue weighted by molar-refractivity contribution is -0.123. The minimum Gasteiger partial charge on any atom is -0.291 e. The number of hydrogen-bond donors (Lipinski definition) is 0. The van der Waals surface area contributed by atoms with Gasteiger partial charge >= 0.3 is 0 Å². The molecule has 148 valence electrons. The fraction of sp³-hybridized carbons (Fsp3) is 0.348. The molecule has 0 bridgehead atoms. The van der Waals surface area contributed by atoms with Crippen molar-refractivity contribution in [2.75, 3.05) is 18.0 Å². The van der Waals surface area contributed by atoms with Crippen LogP contribution in [0.4, 0.5) is 5.69 Å². The van der Waals surface area contributed by atoms with Crippen molar-refractivity contribution in [3.05, 3.63) is 59.1 Å². The molecule has 0 radical (unpaired) electrons. The molecule has 0 aliphatic carbocycles. The highest BCUT2D eigenvalue weighted by Crippen LogP contribution is 2.35. The summed E-state index contributed by atoms with van der Waals surface area (Å²) < 4.78 is 1.21. The Hall–Kier alpha value is -2.57. The predicted octanol–water partition coefficient (Wildman–Crippen LogP) is 4.12. The van der Waals surface area contributed by atoms with E-state index in [0.717, 1.165) is 42.0 Å². The van der Waals surface area contributed by atoms with Gasteiger partial charge in [0.1, 0.15) is 0 Å². The van der Waals surface area contributed by atoms with E-state index in [2.05, 4.69) is 17.0 Å². The smallest absolute Gasteiger partial charge is 0.251 e. The molecule has 2 amide bonds. The zero-order valence-electron chi connectivity index (χ0n) is 16.4. The van der Waals surface area contributed by atoms with Crippen LogP contribution in [0, 0.1) is 6.92 Å². The molecule has 0 N–H and O–H groups in total. The number of amides is 2. The topological polar surface area (TPSA) is 53.5 Å². The number of piperidine rings is 1. The van der Waals surface area contributed by atoms with Crippen molar-refractivity contribution in [3.8, 4) is 0 Å². The Morgan fingerprint density at radius 1 is 1.07 bits per heavy atom. The summed E-state index contributed by atoms with van der Waals surface area (Å²) >= 11 is 1.75. The zero-order chi connectivity index (χ0) is 20.0. The minimum atomic E-state index is -0.362. The van der Waals surface area contributed by atoms with Crippen LogP contribution in [0.25, 0.3) is 10.2 Å². The number of carbonyl (C=O) groups excluding carboxylic acids is 2. The molecule has 2 aliphatic heterocycles. The van der Waals surface area contributed by atoms with Crippen molar-refractivity contribution < 1.29 is 9.59 Å². The number of nitrogens with zero attached hydrogens (tertiary/aromatic N) is 3. The lowest BCUT2D eigenvalue weighted by Gasteiger charge is -2.34. The third-order valence-electron chi connectivity index (χ3n) is 6.03. The first-order chi connectivity index (χ1) is 14.1. The maximum atomic E-state index is 13.2. The molecular formula is C23H23N3O2S. The van der Waals surface area contributed by atoms with Gasteiger partial charge in [-0.3, -0.25) is 14.5 Å². The van der Waals surface area contributed by atoms with Crippen LogP contribution in [0.15, 0.2) is 48.5 Å². The Kier molecular flexibility index (Phi) is 4.68. The van der Waals surface area contributed by atoms with Gasteiger partial charge in [0.2, 0.25) is 5.91 Å². The van der Waals surface area contributed by atoms with E-state index in [0.29, 0.717) is 11.6 Å². The summed E-state index contributed by atoms with van der Waals surface area (Å²) in [7, 11) is 0. The monoisotopic (exact) mass is 405 g/mol. The number of hydrogen-bond acceptors (Lipinski definition) is 5. The van der Waals surface area contributed by atoms with E-state index >= 15 is 0 Å². The van der Waals surface area contributed by atoms with Gasteiger partial charge in [-0.15, -0.1) is 11.3 Å². The van der Waals surface area contributed by atoms with Crippen LogP contribution >= 0.6 is 11.3 Å². The van der Waals surface area contributed by atoms with Gasteiger partial charge in [-0.1, -0.05) is 30.3 Å². The van der Waals surface area contributed by atoms with Crippen LogP contribution in [-0.4, -0.2) is 40.8 Å². The van der Waals surface area contributed by atoms with Crippen LogP contribution < -0.4 is 4.90 Å². The molecule has 1 aromatic heterocycles. The molecule has 2 aliphatic rings. The number of para-hydroxylation sites is 2. The predicted molar refractivity (Wildman–Crippen MR) is 115 cm³/mol. The Morgan fingerprint density at radius 3 is 2.69 bits per heavy atom. The Labute approximate surface area is 174 Å². The van der Waals surface area contributed by atoms with Gasteiger partial charge in [0.05, 0.1) is 33.4 Å². The largest absolute Gasteiger partial charge is 0.291 e. The minimum absolute atomic E-state index is 0.0887. The summed E-state index contributed by atoms with van der Waals surface area (Å²) in [5.74, 6) is 0.127. The first-order valence-corrected chi connectivity index (χ1v) is 11.0. The molecule has 0 spiro atoms. The molecule has 2 atom stereocenters. The summed E-state index contributed by atoms with van der Waals surface area (Å²) in [6.07, 6.45) is 2.36. The normalized spacial score (nSPS) is 23.3. The van der Waals surface area contributed by atoms with Gasteiger partial charge in [-0.05, 0) is 50.1 Å². The van der Waals surface area contributed by atoms with E-state index < -0.39 is 0 Å². The quantitative estimate of drug-likeness (QED) is 0.615. The average molecular weight is 406 g/mol. The van der Waals surface area contributed by atoms with Gasteiger partial charge in [0.15, 0.2) is 0 Å². The number of anilines is 1. The van der Waals surface area contributed by atoms with E-state index in [1.165, 1.54) is 9.60 Å². The van der Waals surface area contributed by atoms with Gasteiger partial charge in [0.25, 0.3) is 5.91 Å². The van der Waals surface area contributed by atoms with Gasteiger partial charge in [-0.2, -0.15) is 0 Å². The molecule has 2 saturated heterocycles. The number of aryl methyl sites for hydroxylation is 1. The summed E-state index contributed by atoms with van der Waals surface area (Å²) in [6.45, 7) is 3.57. The summed E-state index contributed by atoms with van der Waals surface area (Å²) in [4.78, 5) is 34.4. The first kappa shape index (κ1) is 18.5. The summed E-state index contributed by atoms with van der Waals surface area (Å²) in [5.41, 5.74) is 2.70. The van der Waals surface area contributed by atoms with Gasteiger partial charge in [0, 0.05) is 12.5 Å². The fourth-order valence-corrected chi connectivity index (χ4v) is 5.62. The van der Waals surface area contributed by atoms with Crippen molar-refractivity contribution in [1.29, 1.82) is 0 Å². The third kappa shape index (κ3) is 3.26. The second kappa shape index (κ2) is 7.35. The van der Waals surface area contributed by atoms with E-state index in [1.54, 1.807) is 11.3 Å². The molecule has 6 heteroatoms. The lowest BCUT2D eigenvalue weighted by Crippen LogP contribution is -2.46. The Morgan fingerprint density at radius 2 is 1.86 bits per heavy atom. The van der Waals surface area contributed by atoms with Crippen molar-refractivity contribution in [2.24, 2.45) is 0 Å². The van der Waals surface area contributed by atoms with Crippen molar-refractivity contribution in [1.82, 2.24) is 9.88 Å². The van der Waals surface area contributed by atoms with Crippen molar-refractivity contribution in [2.45, 2.75) is 38.1 Å². The number of carbonyl (C=O) groups is 2. The molecule has 29 heavy (non-hydrogen) atoms. The molecular weight excluding hydrogens is 382 g/mol. The van der Waals surface area contributed by atoms with Crippen LogP contribution in [0.3, 0.4) is 0 Å². The number of aromatic nitrogens is 1. The summed E-state index contributed by atoms with van der Waals surface area (Å²) in [6, 6.07) is 15.4. The van der Waals surface area contributed by atoms with Crippen LogP contribution in [0.5, 0.6) is 0 Å². The van der Waals surface area contributed by atoms with Crippen LogP contribution in [0.2, 0.25) is 0 Å². The van der Waals surface area contributed by atoms with Crippen LogP contribution in [-0.2, 0) is 9.59 Å². The highest BCUT2D eigenvalue weighted by Gasteiger charge is 2.44. The second-order valence-corrected chi connectivity index (χ2v) is 8.99. The standard InChI is InChI=1S/C23H23N3O2S/c1-15-7-2-4-10-18(15)26-21(27)13-19(23(26)28)25-12-6-8-16(14-25)22-24-17-9-3-5-11-20(17)29-22/h2-5,7,9-11,16,19H,6,8,12-14H2,1H3/t16-,19-/m1/s1.